The lowest BCUT2D eigenvalue weighted by Gasteiger charge is -2.39. The molecule has 1 aliphatic rings. The van der Waals surface area contributed by atoms with Gasteiger partial charge in [0.05, 0.1) is 12.6 Å². The fraction of sp³-hybridized carbons (Fsp3) is 0.579. The predicted octanol–water partition coefficient (Wildman–Crippen LogP) is 2.26. The second kappa shape index (κ2) is 7.94. The number of halogens is 1. The minimum Gasteiger partial charge on any atom is -0.326 e. The van der Waals surface area contributed by atoms with E-state index in [1.54, 1.807) is 27.0 Å². The monoisotopic (exact) mass is 346 g/mol. The van der Waals surface area contributed by atoms with Crippen molar-refractivity contribution in [3.8, 4) is 6.07 Å². The van der Waals surface area contributed by atoms with Gasteiger partial charge in [-0.05, 0) is 26.8 Å². The molecule has 0 radical (unpaired) electrons. The highest BCUT2D eigenvalue weighted by Crippen LogP contribution is 2.24. The Morgan fingerprint density at radius 2 is 1.92 bits per heavy atom. The first-order valence-corrected chi connectivity index (χ1v) is 8.65. The third-order valence-corrected chi connectivity index (χ3v) is 5.16. The van der Waals surface area contributed by atoms with Crippen LogP contribution in [0.1, 0.15) is 32.4 Å². The highest BCUT2D eigenvalue weighted by atomic mass is 19.1. The normalized spacial score (nSPS) is 17.8. The standard InChI is InChI=1S/C19H27FN4O/c1-15(16-7-5-6-8-17(16)20)24-11-9-23(10-12-24)13-18(25)22(4)19(2,3)14-21/h5-8,15H,9-13H2,1-4H3/t15-/m0/s1. The molecule has 1 amide bonds. The number of hydrogen-bond donors (Lipinski definition) is 0. The van der Waals surface area contributed by atoms with Crippen LogP contribution in [0.25, 0.3) is 0 Å². The zero-order valence-corrected chi connectivity index (χ0v) is 15.5. The molecule has 1 fully saturated rings. The van der Waals surface area contributed by atoms with E-state index in [1.807, 2.05) is 19.1 Å². The molecule has 1 atom stereocenters. The van der Waals surface area contributed by atoms with E-state index in [0.29, 0.717) is 12.1 Å². The Bertz CT molecular complexity index is 647. The quantitative estimate of drug-likeness (QED) is 0.821. The van der Waals surface area contributed by atoms with Crippen molar-refractivity contribution in [1.29, 1.82) is 5.26 Å². The number of rotatable bonds is 5. The molecule has 0 saturated carbocycles. The summed E-state index contributed by atoms with van der Waals surface area (Å²) >= 11 is 0. The van der Waals surface area contributed by atoms with Crippen molar-refractivity contribution in [2.45, 2.75) is 32.4 Å². The molecule has 1 aromatic rings. The van der Waals surface area contributed by atoms with E-state index in [4.69, 9.17) is 5.26 Å². The molecule has 0 N–H and O–H groups in total. The molecule has 0 bridgehead atoms. The molecule has 0 spiro atoms. The van der Waals surface area contributed by atoms with Gasteiger partial charge < -0.3 is 4.90 Å². The van der Waals surface area contributed by atoms with Crippen LogP contribution in [0.4, 0.5) is 4.39 Å². The van der Waals surface area contributed by atoms with Crippen molar-refractivity contribution in [3.63, 3.8) is 0 Å². The average Bonchev–Trinajstić information content (AvgIpc) is 2.61. The van der Waals surface area contributed by atoms with Crippen molar-refractivity contribution in [3.05, 3.63) is 35.6 Å². The van der Waals surface area contributed by atoms with Crippen molar-refractivity contribution in [1.82, 2.24) is 14.7 Å². The van der Waals surface area contributed by atoms with Crippen LogP contribution in [-0.2, 0) is 4.79 Å². The summed E-state index contributed by atoms with van der Waals surface area (Å²) in [5.74, 6) is -0.227. The first-order valence-electron chi connectivity index (χ1n) is 8.65. The van der Waals surface area contributed by atoms with Gasteiger partial charge in [0.15, 0.2) is 0 Å². The molecule has 1 aliphatic heterocycles. The minimum atomic E-state index is -0.807. The molecular weight excluding hydrogens is 319 g/mol. The number of carbonyl (C=O) groups is 1. The topological polar surface area (TPSA) is 50.6 Å². The van der Waals surface area contributed by atoms with Gasteiger partial charge in [0.1, 0.15) is 11.4 Å². The van der Waals surface area contributed by atoms with E-state index in [1.165, 1.54) is 11.0 Å². The van der Waals surface area contributed by atoms with Crippen LogP contribution in [0.15, 0.2) is 24.3 Å². The third-order valence-electron chi connectivity index (χ3n) is 5.16. The summed E-state index contributed by atoms with van der Waals surface area (Å²) in [6.07, 6.45) is 0. The minimum absolute atomic E-state index is 0.0132. The van der Waals surface area contributed by atoms with Gasteiger partial charge in [0.2, 0.25) is 5.91 Å². The van der Waals surface area contributed by atoms with Crippen LogP contribution in [0, 0.1) is 17.1 Å². The molecule has 6 heteroatoms. The largest absolute Gasteiger partial charge is 0.326 e. The molecule has 1 heterocycles. The zero-order chi connectivity index (χ0) is 18.6. The second-order valence-corrected chi connectivity index (χ2v) is 7.13. The van der Waals surface area contributed by atoms with Crippen LogP contribution < -0.4 is 0 Å². The summed E-state index contributed by atoms with van der Waals surface area (Å²) in [5, 5.41) is 9.15. The molecule has 1 aromatic carbocycles. The fourth-order valence-electron chi connectivity index (χ4n) is 3.00. The van der Waals surface area contributed by atoms with Gasteiger partial charge in [-0.3, -0.25) is 14.6 Å². The molecule has 2 rings (SSSR count). The Kier molecular flexibility index (Phi) is 6.15. The number of piperazine rings is 1. The number of amides is 1. The molecule has 25 heavy (non-hydrogen) atoms. The lowest BCUT2D eigenvalue weighted by atomic mass is 10.1. The van der Waals surface area contributed by atoms with Gasteiger partial charge in [-0.15, -0.1) is 0 Å². The van der Waals surface area contributed by atoms with Gasteiger partial charge in [0.25, 0.3) is 0 Å². The number of likely N-dealkylation sites (N-methyl/N-ethyl adjacent to an activating group) is 1. The summed E-state index contributed by atoms with van der Waals surface area (Å²) in [6, 6.07) is 9.04. The third kappa shape index (κ3) is 4.56. The van der Waals surface area contributed by atoms with Crippen LogP contribution in [0.5, 0.6) is 0 Å². The van der Waals surface area contributed by atoms with Crippen LogP contribution >= 0.6 is 0 Å². The molecule has 1 saturated heterocycles. The van der Waals surface area contributed by atoms with Crippen molar-refractivity contribution in [2.75, 3.05) is 39.8 Å². The van der Waals surface area contributed by atoms with Gasteiger partial charge >= 0.3 is 0 Å². The Balaban J connectivity index is 1.89. The van der Waals surface area contributed by atoms with E-state index in [2.05, 4.69) is 15.9 Å². The molecular formula is C19H27FN4O. The van der Waals surface area contributed by atoms with E-state index in [0.717, 1.165) is 26.2 Å². The number of carbonyl (C=O) groups excluding carboxylic acids is 1. The average molecular weight is 346 g/mol. The van der Waals surface area contributed by atoms with Gasteiger partial charge in [-0.2, -0.15) is 5.26 Å². The van der Waals surface area contributed by atoms with E-state index < -0.39 is 5.54 Å². The predicted molar refractivity (Wildman–Crippen MR) is 95.3 cm³/mol. The van der Waals surface area contributed by atoms with E-state index in [9.17, 15) is 9.18 Å². The van der Waals surface area contributed by atoms with Crippen molar-refractivity contribution < 1.29 is 9.18 Å². The van der Waals surface area contributed by atoms with E-state index >= 15 is 0 Å². The molecule has 5 nitrogen and oxygen atoms in total. The SMILES string of the molecule is C[C@@H](c1ccccc1F)N1CCN(CC(=O)N(C)C(C)(C)C#N)CC1. The number of benzene rings is 1. The Morgan fingerprint density at radius 1 is 1.32 bits per heavy atom. The lowest BCUT2D eigenvalue weighted by molar-refractivity contribution is -0.134. The highest BCUT2D eigenvalue weighted by molar-refractivity contribution is 5.79. The van der Waals surface area contributed by atoms with Crippen LogP contribution in [0.2, 0.25) is 0 Å². The Labute approximate surface area is 149 Å². The Morgan fingerprint density at radius 3 is 2.48 bits per heavy atom. The highest BCUT2D eigenvalue weighted by Gasteiger charge is 2.30. The second-order valence-electron chi connectivity index (χ2n) is 7.13. The smallest absolute Gasteiger partial charge is 0.237 e. The van der Waals surface area contributed by atoms with E-state index in [-0.39, 0.29) is 17.8 Å². The van der Waals surface area contributed by atoms with Gasteiger partial charge in [-0.25, -0.2) is 4.39 Å². The fourth-order valence-corrected chi connectivity index (χ4v) is 3.00. The first-order chi connectivity index (χ1) is 11.8. The number of nitriles is 1. The summed E-state index contributed by atoms with van der Waals surface area (Å²) in [7, 11) is 1.67. The summed E-state index contributed by atoms with van der Waals surface area (Å²) < 4.78 is 14.0. The molecule has 136 valence electrons. The molecule has 0 aromatic heterocycles. The molecule has 0 aliphatic carbocycles. The maximum Gasteiger partial charge on any atom is 0.237 e. The first kappa shape index (κ1) is 19.4. The van der Waals surface area contributed by atoms with Gasteiger partial charge in [0, 0.05) is 44.8 Å². The molecule has 0 unspecified atom stereocenters. The summed E-state index contributed by atoms with van der Waals surface area (Å²) in [5.41, 5.74) is -0.0966. The van der Waals surface area contributed by atoms with Crippen molar-refractivity contribution in [2.24, 2.45) is 0 Å². The number of nitrogens with zero attached hydrogens (tertiary/aromatic N) is 4. The maximum absolute atomic E-state index is 14.0. The summed E-state index contributed by atoms with van der Waals surface area (Å²) in [4.78, 5) is 18.2. The Hall–Kier alpha value is -1.97. The van der Waals surface area contributed by atoms with Gasteiger partial charge in [-0.1, -0.05) is 18.2 Å². The number of hydrogen-bond acceptors (Lipinski definition) is 4. The lowest BCUT2D eigenvalue weighted by Crippen LogP contribution is -2.52. The van der Waals surface area contributed by atoms with Crippen LogP contribution in [0.3, 0.4) is 0 Å². The zero-order valence-electron chi connectivity index (χ0n) is 15.5. The maximum atomic E-state index is 14.0. The van der Waals surface area contributed by atoms with Crippen LogP contribution in [-0.4, -0.2) is 65.9 Å². The summed E-state index contributed by atoms with van der Waals surface area (Å²) in [6.45, 7) is 8.88. The van der Waals surface area contributed by atoms with Crippen molar-refractivity contribution >= 4 is 5.91 Å².